The zero-order chi connectivity index (χ0) is 42.2. The van der Waals surface area contributed by atoms with E-state index in [4.69, 9.17) is 135 Å². The number of carbonyl (C=O) groups is 7. The Hall–Kier alpha value is 5.75. The van der Waals surface area contributed by atoms with Gasteiger partial charge in [-0.25, -0.2) is 33.6 Å². The maximum atomic E-state index is 11.7. The standard InChI is InChI=1S/C13H20N3O18P3.C2H4O3.Cl6N3P3.6Y/c1-28-13(27)7-34-37(33-6-12(25)26)15-35(29-2-8(17)18,30-3-9(19)20)14-36(16-37,31-4-10(21)22)32-5-11(23)24;3-1-2(4)5;1-10(2)7-11(3,4)9-12(5,6)8-10;;;;;;/h2-7H2,1H3,(H,17,18)(H,19,20)(H,21,22)(H,23,24)(H,25,26);3H,1H2,(H,4,5);;;;;;;. The molecule has 0 aliphatic carbocycles. The third-order valence-electron chi connectivity index (χ3n) is 3.82. The van der Waals surface area contributed by atoms with Crippen LogP contribution in [-0.4, -0.2) is 131 Å². The van der Waals surface area contributed by atoms with E-state index in [1.165, 1.54) is 0 Å². The van der Waals surface area contributed by atoms with Crippen molar-refractivity contribution >= 4 is 150 Å². The van der Waals surface area contributed by atoms with Crippen LogP contribution in [0.15, 0.2) is 27.1 Å². The van der Waals surface area contributed by atoms with Crippen molar-refractivity contribution in [3.63, 3.8) is 0 Å². The largest absolute Gasteiger partial charge is 0.480 e. The van der Waals surface area contributed by atoms with Gasteiger partial charge in [0.05, 0.1) is 7.11 Å². The molecule has 6 radical (unpaired) electrons. The van der Waals surface area contributed by atoms with Gasteiger partial charge in [-0.05, 0) is 67.4 Å². The molecule has 330 valence electrons. The first kappa shape index (κ1) is 79.9. The first-order chi connectivity index (χ1) is 24.5. The molecular formula is C15H24Cl6N6O21P6Y6. The molecule has 2 aliphatic heterocycles. The van der Waals surface area contributed by atoms with Crippen molar-refractivity contribution in [1.29, 1.82) is 0 Å². The van der Waals surface area contributed by atoms with Crippen molar-refractivity contribution in [3.05, 3.63) is 0 Å². The van der Waals surface area contributed by atoms with Crippen LogP contribution in [0, 0.1) is 0 Å². The Kier molecular flexibility index (Phi) is 51.2. The number of aliphatic carboxylic acids is 6. The zero-order valence-corrected chi connectivity index (χ0v) is 56.3. The van der Waals surface area contributed by atoms with Crippen molar-refractivity contribution in [1.82, 2.24) is 0 Å². The van der Waals surface area contributed by atoms with Gasteiger partial charge in [0.2, 0.25) is 0 Å². The number of carbonyl (C=O) groups excluding carboxylic acids is 1. The smallest absolute Gasteiger partial charge is 0.350 e. The Bertz CT molecular complexity index is 1680. The molecule has 27 nitrogen and oxygen atoms in total. The minimum atomic E-state index is -4.73. The molecule has 0 saturated carbocycles. The number of aliphatic hydroxyl groups is 1. The maximum Gasteiger partial charge on any atom is 0.350 e. The van der Waals surface area contributed by atoms with Crippen molar-refractivity contribution < 1.29 is 297 Å². The van der Waals surface area contributed by atoms with E-state index in [1.54, 1.807) is 0 Å². The average molecular weight is 1560 g/mol. The summed E-state index contributed by atoms with van der Waals surface area (Å²) in [5.41, 5.74) is 0. The maximum absolute atomic E-state index is 11.7. The molecule has 7 N–H and O–H groups in total. The fourth-order valence-electron chi connectivity index (χ4n) is 2.24. The van der Waals surface area contributed by atoms with E-state index >= 15 is 0 Å². The number of carboxylic acids is 6. The minimum absolute atomic E-state index is 0. The number of ether oxygens (including phenoxy) is 1. The first-order valence-corrected chi connectivity index (χ1v) is 27.5. The van der Waals surface area contributed by atoms with Gasteiger partial charge in [0.1, 0.15) is 6.61 Å². The predicted molar refractivity (Wildman–Crippen MR) is 192 cm³/mol. The van der Waals surface area contributed by atoms with Crippen molar-refractivity contribution in [3.8, 4) is 0 Å². The molecular weight excluding hydrogens is 1530 g/mol. The quantitative estimate of drug-likeness (QED) is 0.0513. The molecule has 2 rings (SSSR count). The molecule has 45 heteroatoms. The Morgan fingerprint density at radius 2 is 0.583 bits per heavy atom. The van der Waals surface area contributed by atoms with Crippen LogP contribution in [-0.2, 0) is 262 Å². The molecule has 60 heavy (non-hydrogen) atoms. The number of esters is 1. The molecule has 1 unspecified atom stereocenters. The van der Waals surface area contributed by atoms with E-state index in [0.29, 0.717) is 0 Å². The third kappa shape index (κ3) is 37.6. The van der Waals surface area contributed by atoms with Crippen LogP contribution in [0.1, 0.15) is 0 Å². The van der Waals surface area contributed by atoms with Crippen LogP contribution < -0.4 is 0 Å². The van der Waals surface area contributed by atoms with Crippen LogP contribution in [0.3, 0.4) is 0 Å². The van der Waals surface area contributed by atoms with Gasteiger partial charge < -0.3 is 40.5 Å². The molecule has 0 aromatic heterocycles. The van der Waals surface area contributed by atoms with Gasteiger partial charge >= 0.3 is 64.8 Å². The minimum Gasteiger partial charge on any atom is -0.480 e. The average Bonchev–Trinajstić information content (AvgIpc) is 3.01. The van der Waals surface area contributed by atoms with Crippen molar-refractivity contribution in [2.24, 2.45) is 27.1 Å². The van der Waals surface area contributed by atoms with E-state index in [9.17, 15) is 28.8 Å². The fraction of sp³-hybridized carbons (Fsp3) is 0.533. The second-order valence-electron chi connectivity index (χ2n) is 8.11. The molecule has 0 aromatic carbocycles. The Morgan fingerprint density at radius 1 is 0.400 bits per heavy atom. The molecule has 0 spiro atoms. The van der Waals surface area contributed by atoms with Gasteiger partial charge in [-0.2, -0.15) is 13.5 Å². The number of methoxy groups -OCH3 is 1. The fourth-order valence-corrected chi connectivity index (χ4v) is 30.2. The van der Waals surface area contributed by atoms with Gasteiger partial charge in [-0.3, -0.25) is 27.1 Å². The summed E-state index contributed by atoms with van der Waals surface area (Å²) < 4.78 is 57.2. The Morgan fingerprint density at radius 3 is 0.733 bits per heavy atom. The molecule has 2 heterocycles. The first-order valence-electron chi connectivity index (χ1n) is 12.4. The van der Waals surface area contributed by atoms with Gasteiger partial charge in [-0.15, -0.1) is 13.5 Å². The molecule has 0 bridgehead atoms. The second kappa shape index (κ2) is 38.4. The number of rotatable bonds is 19. The van der Waals surface area contributed by atoms with E-state index in [-0.39, 0.29) is 196 Å². The summed E-state index contributed by atoms with van der Waals surface area (Å²) >= 11 is 33.9. The number of aliphatic hydroxyl groups excluding tert-OH is 1. The normalized spacial score (nSPS) is 18.5. The van der Waals surface area contributed by atoms with Gasteiger partial charge in [0.25, 0.3) is 17.7 Å². The Balaban J connectivity index is -0.000000205. The van der Waals surface area contributed by atoms with Crippen LogP contribution in [0.2, 0.25) is 0 Å². The van der Waals surface area contributed by atoms with Crippen LogP contribution in [0.4, 0.5) is 0 Å². The molecule has 2 aliphatic rings. The van der Waals surface area contributed by atoms with Crippen molar-refractivity contribution in [2.75, 3.05) is 53.4 Å². The van der Waals surface area contributed by atoms with Crippen molar-refractivity contribution in [2.45, 2.75) is 0 Å². The van der Waals surface area contributed by atoms with E-state index < -0.39 is 129 Å². The Labute approximate surface area is 518 Å². The molecule has 0 aromatic rings. The number of halogens is 6. The molecule has 0 fully saturated rings. The van der Waals surface area contributed by atoms with Crippen LogP contribution >= 0.6 is 108 Å². The molecule has 0 saturated heterocycles. The number of hydrogen-bond acceptors (Lipinski definition) is 21. The van der Waals surface area contributed by atoms with Crippen LogP contribution in [0.25, 0.3) is 0 Å². The van der Waals surface area contributed by atoms with Gasteiger partial charge in [0, 0.05) is 196 Å². The summed E-state index contributed by atoms with van der Waals surface area (Å²) in [5.74, 6) is -19.3. The summed E-state index contributed by atoms with van der Waals surface area (Å²) in [6.45, 7) is -8.24. The third-order valence-corrected chi connectivity index (χ3v) is 24.5. The van der Waals surface area contributed by atoms with E-state index in [2.05, 4.69) is 31.8 Å². The zero-order valence-electron chi connectivity index (χ0n) is 29.4. The molecule has 0 amide bonds. The van der Waals surface area contributed by atoms with Crippen LogP contribution in [0.5, 0.6) is 0 Å². The summed E-state index contributed by atoms with van der Waals surface area (Å²) in [4.78, 5) is 76.6. The van der Waals surface area contributed by atoms with E-state index in [1.807, 2.05) is 0 Å². The van der Waals surface area contributed by atoms with Gasteiger partial charge in [0.15, 0.2) is 39.6 Å². The summed E-state index contributed by atoms with van der Waals surface area (Å²) in [7, 11) is -13.2. The topological polar surface area (TPSA) is 400 Å². The number of carboxylic acid groups (broad SMARTS) is 6. The summed E-state index contributed by atoms with van der Waals surface area (Å²) in [6.07, 6.45) is 0. The second-order valence-corrected chi connectivity index (χ2v) is 29.7. The summed E-state index contributed by atoms with van der Waals surface area (Å²) in [6, 6.07) is 0. The molecule has 1 atom stereocenters. The SMILES string of the molecule is COC(=O)COP1(OCC(=O)O)=NP(OCC(=O)O)(OCC(=O)O)=NP(OCC(=O)O)(OCC(=O)O)=N1.ClP1(Cl)=NP(Cl)(Cl)=NP(Cl)(Cl)=N1.O=C(O)CO.[Y].[Y].[Y].[Y].[Y].[Y]. The van der Waals surface area contributed by atoms with Gasteiger partial charge in [-0.1, -0.05) is 0 Å². The predicted octanol–water partition coefficient (Wildman–Crippen LogP) is 6.85. The van der Waals surface area contributed by atoms with E-state index in [0.717, 1.165) is 7.11 Å². The monoisotopic (exact) mass is 1550 g/mol. The summed E-state index contributed by atoms with van der Waals surface area (Å²) in [5, 5.41) is 60.3. The number of nitrogens with zero attached hydrogens (tertiary/aromatic N) is 6. The number of hydrogen-bond donors (Lipinski definition) is 7.